The molecule has 1 aromatic heterocycles. The Balaban J connectivity index is 0.00000306. The summed E-state index contributed by atoms with van der Waals surface area (Å²) in [5, 5.41) is 1.26. The molecule has 2 aromatic carbocycles. The van der Waals surface area contributed by atoms with E-state index in [1.165, 1.54) is 34.9 Å². The van der Waals surface area contributed by atoms with Crippen molar-refractivity contribution in [3.63, 3.8) is 0 Å². The predicted molar refractivity (Wildman–Crippen MR) is 145 cm³/mol. The normalized spacial score (nSPS) is 15.2. The van der Waals surface area contributed by atoms with Gasteiger partial charge >= 0.3 is 0 Å². The van der Waals surface area contributed by atoms with Crippen LogP contribution in [0.1, 0.15) is 81.4 Å². The predicted octanol–water partition coefficient (Wildman–Crippen LogP) is 7.71. The van der Waals surface area contributed by atoms with Gasteiger partial charge in [0.15, 0.2) is 0 Å². The van der Waals surface area contributed by atoms with Crippen molar-refractivity contribution < 1.29 is 4.74 Å². The van der Waals surface area contributed by atoms with Gasteiger partial charge in [0.25, 0.3) is 0 Å². The van der Waals surface area contributed by atoms with Gasteiger partial charge in [0, 0.05) is 18.1 Å². The van der Waals surface area contributed by atoms with E-state index in [4.69, 9.17) is 4.74 Å². The van der Waals surface area contributed by atoms with E-state index in [0.717, 1.165) is 43.9 Å². The van der Waals surface area contributed by atoms with Crippen molar-refractivity contribution in [1.82, 2.24) is 9.88 Å². The van der Waals surface area contributed by atoms with E-state index >= 15 is 0 Å². The fourth-order valence-corrected chi connectivity index (χ4v) is 4.78. The van der Waals surface area contributed by atoms with Crippen molar-refractivity contribution in [2.75, 3.05) is 26.2 Å². The quantitative estimate of drug-likeness (QED) is 0.290. The Hall–Kier alpha value is -1.91. The van der Waals surface area contributed by atoms with E-state index < -0.39 is 0 Å². The van der Waals surface area contributed by atoms with E-state index in [1.54, 1.807) is 0 Å². The van der Waals surface area contributed by atoms with E-state index in [2.05, 4.69) is 92.3 Å². The zero-order chi connectivity index (χ0) is 22.5. The molecule has 0 atom stereocenters. The van der Waals surface area contributed by atoms with Gasteiger partial charge in [0.2, 0.25) is 0 Å². The summed E-state index contributed by atoms with van der Waals surface area (Å²) in [4.78, 5) is 7.27. The zero-order valence-corrected chi connectivity index (χ0v) is 22.3. The standard InChI is InChI=1S/C29H38N2O.BrH/c1-21(2)24-10-11-29(27(19-24)22(3)4)32-17-7-14-31-15-12-23(13-16-31)26-18-25-8-5-6-9-28(25)30-20-26;/h5-6,8-11,18-23H,7,12-17H2,1-4H3;1H. The molecule has 1 aliphatic rings. The third-order valence-electron chi connectivity index (χ3n) is 6.87. The Morgan fingerprint density at radius 3 is 2.45 bits per heavy atom. The third-order valence-corrected chi connectivity index (χ3v) is 6.87. The molecular formula is C29H39BrN2O. The lowest BCUT2D eigenvalue weighted by Crippen LogP contribution is -2.34. The van der Waals surface area contributed by atoms with E-state index in [-0.39, 0.29) is 17.0 Å². The smallest absolute Gasteiger partial charge is 0.122 e. The Morgan fingerprint density at radius 2 is 1.73 bits per heavy atom. The van der Waals surface area contributed by atoms with Gasteiger partial charge in [-0.05, 0) is 85.0 Å². The van der Waals surface area contributed by atoms with Crippen LogP contribution in [0.5, 0.6) is 5.75 Å². The van der Waals surface area contributed by atoms with Crippen molar-refractivity contribution in [2.24, 2.45) is 0 Å². The maximum Gasteiger partial charge on any atom is 0.122 e. The lowest BCUT2D eigenvalue weighted by Gasteiger charge is -2.32. The van der Waals surface area contributed by atoms with Crippen molar-refractivity contribution in [3.05, 3.63) is 71.4 Å². The van der Waals surface area contributed by atoms with Crippen LogP contribution in [-0.2, 0) is 0 Å². The number of aromatic nitrogens is 1. The SMILES string of the molecule is Br.CC(C)c1ccc(OCCCN2CCC(c3cnc4ccccc4c3)CC2)c(C(C)C)c1. The van der Waals surface area contributed by atoms with Crippen LogP contribution < -0.4 is 4.74 Å². The summed E-state index contributed by atoms with van der Waals surface area (Å²) in [6.45, 7) is 13.2. The minimum atomic E-state index is 0. The van der Waals surface area contributed by atoms with Gasteiger partial charge in [0.05, 0.1) is 12.1 Å². The van der Waals surface area contributed by atoms with Gasteiger partial charge in [-0.2, -0.15) is 0 Å². The van der Waals surface area contributed by atoms with Gasteiger partial charge in [-0.25, -0.2) is 0 Å². The zero-order valence-electron chi connectivity index (χ0n) is 20.6. The molecule has 0 aliphatic carbocycles. The maximum absolute atomic E-state index is 6.22. The average molecular weight is 512 g/mol. The Bertz CT molecular complexity index is 1030. The molecule has 4 heteroatoms. The second-order valence-electron chi connectivity index (χ2n) is 9.89. The molecule has 33 heavy (non-hydrogen) atoms. The lowest BCUT2D eigenvalue weighted by atomic mass is 9.90. The largest absolute Gasteiger partial charge is 0.493 e. The summed E-state index contributed by atoms with van der Waals surface area (Å²) in [7, 11) is 0. The summed E-state index contributed by atoms with van der Waals surface area (Å²) in [6, 6.07) is 17.5. The number of halogens is 1. The molecule has 1 saturated heterocycles. The van der Waals surface area contributed by atoms with Gasteiger partial charge in [-0.3, -0.25) is 4.98 Å². The third kappa shape index (κ3) is 6.58. The first-order valence-corrected chi connectivity index (χ1v) is 12.3. The number of piperidine rings is 1. The van der Waals surface area contributed by atoms with Crippen LogP contribution in [0, 0.1) is 0 Å². The topological polar surface area (TPSA) is 25.4 Å². The minimum absolute atomic E-state index is 0. The number of fused-ring (bicyclic) bond motifs is 1. The van der Waals surface area contributed by atoms with Gasteiger partial charge in [-0.1, -0.05) is 58.0 Å². The molecule has 4 rings (SSSR count). The maximum atomic E-state index is 6.22. The average Bonchev–Trinajstić information content (AvgIpc) is 2.81. The molecule has 0 N–H and O–H groups in total. The monoisotopic (exact) mass is 510 g/mol. The lowest BCUT2D eigenvalue weighted by molar-refractivity contribution is 0.192. The van der Waals surface area contributed by atoms with Crippen molar-refractivity contribution in [2.45, 2.75) is 64.7 Å². The fraction of sp³-hybridized carbons (Fsp3) is 0.483. The van der Waals surface area contributed by atoms with Crippen LogP contribution in [0.25, 0.3) is 10.9 Å². The highest BCUT2D eigenvalue weighted by Gasteiger charge is 2.21. The molecular weight excluding hydrogens is 472 g/mol. The molecule has 178 valence electrons. The Morgan fingerprint density at radius 1 is 0.970 bits per heavy atom. The first-order valence-electron chi connectivity index (χ1n) is 12.3. The molecule has 1 fully saturated rings. The number of nitrogens with zero attached hydrogens (tertiary/aromatic N) is 2. The Kier molecular flexibility index (Phi) is 9.34. The second kappa shape index (κ2) is 12.0. The summed E-state index contributed by atoms with van der Waals surface area (Å²) in [5.74, 6) is 2.72. The van der Waals surface area contributed by atoms with Crippen LogP contribution in [0.2, 0.25) is 0 Å². The van der Waals surface area contributed by atoms with Gasteiger partial charge in [-0.15, -0.1) is 17.0 Å². The van der Waals surface area contributed by atoms with E-state index in [9.17, 15) is 0 Å². The number of para-hydroxylation sites is 1. The first kappa shape index (κ1) is 25.7. The summed E-state index contributed by atoms with van der Waals surface area (Å²) < 4.78 is 6.22. The van der Waals surface area contributed by atoms with Crippen LogP contribution >= 0.6 is 17.0 Å². The van der Waals surface area contributed by atoms with Crippen molar-refractivity contribution >= 4 is 27.9 Å². The van der Waals surface area contributed by atoms with Gasteiger partial charge < -0.3 is 9.64 Å². The molecule has 1 aliphatic heterocycles. The number of rotatable bonds is 8. The highest BCUT2D eigenvalue weighted by molar-refractivity contribution is 8.93. The molecule has 0 amide bonds. The van der Waals surface area contributed by atoms with E-state index in [1.807, 2.05) is 0 Å². The number of pyridine rings is 1. The van der Waals surface area contributed by atoms with Crippen molar-refractivity contribution in [1.29, 1.82) is 0 Å². The number of benzene rings is 2. The van der Waals surface area contributed by atoms with Crippen LogP contribution in [0.4, 0.5) is 0 Å². The summed E-state index contributed by atoms with van der Waals surface area (Å²) in [5.41, 5.74) is 5.22. The molecule has 0 saturated carbocycles. The minimum Gasteiger partial charge on any atom is -0.493 e. The summed E-state index contributed by atoms with van der Waals surface area (Å²) in [6.07, 6.45) is 5.60. The molecule has 2 heterocycles. The molecule has 0 bridgehead atoms. The molecule has 3 nitrogen and oxygen atoms in total. The highest BCUT2D eigenvalue weighted by Crippen LogP contribution is 2.31. The Labute approximate surface area is 210 Å². The molecule has 0 spiro atoms. The number of hydrogen-bond acceptors (Lipinski definition) is 3. The summed E-state index contributed by atoms with van der Waals surface area (Å²) >= 11 is 0. The van der Waals surface area contributed by atoms with Crippen LogP contribution in [0.3, 0.4) is 0 Å². The molecule has 0 unspecified atom stereocenters. The van der Waals surface area contributed by atoms with Crippen LogP contribution in [-0.4, -0.2) is 36.1 Å². The highest BCUT2D eigenvalue weighted by atomic mass is 79.9. The molecule has 3 aromatic rings. The van der Waals surface area contributed by atoms with E-state index in [0.29, 0.717) is 17.8 Å². The molecule has 0 radical (unpaired) electrons. The fourth-order valence-electron chi connectivity index (χ4n) is 4.78. The van der Waals surface area contributed by atoms with Gasteiger partial charge in [0.1, 0.15) is 5.75 Å². The number of ether oxygens (including phenoxy) is 1. The number of hydrogen-bond donors (Lipinski definition) is 0. The first-order chi connectivity index (χ1) is 15.5. The number of likely N-dealkylation sites (tertiary alicyclic amines) is 1. The van der Waals surface area contributed by atoms with Crippen LogP contribution in [0.15, 0.2) is 54.7 Å². The van der Waals surface area contributed by atoms with Crippen molar-refractivity contribution in [3.8, 4) is 5.75 Å². The second-order valence-corrected chi connectivity index (χ2v) is 9.89.